The third kappa shape index (κ3) is 4.85. The molecule has 0 saturated heterocycles. The predicted octanol–water partition coefficient (Wildman–Crippen LogP) is 3.68. The fraction of sp³-hybridized carbons (Fsp3) is 0.500. The Labute approximate surface area is 109 Å². The van der Waals surface area contributed by atoms with Gasteiger partial charge in [0.15, 0.2) is 0 Å². The Bertz CT molecular complexity index is 333. The first kappa shape index (κ1) is 14.0. The Kier molecular flexibility index (Phi) is 6.39. The molecule has 0 heterocycles. The highest BCUT2D eigenvalue weighted by Crippen LogP contribution is 2.17. The molecule has 0 saturated carbocycles. The van der Waals surface area contributed by atoms with Crippen molar-refractivity contribution in [1.82, 2.24) is 5.32 Å². The molecule has 0 bridgehead atoms. The van der Waals surface area contributed by atoms with E-state index in [1.54, 1.807) is 0 Å². The van der Waals surface area contributed by atoms with Crippen molar-refractivity contribution < 1.29 is 4.39 Å². The SMILES string of the molecule is CSCC(C)CNCc1ccc(F)cc1Br. The van der Waals surface area contributed by atoms with Crippen LogP contribution < -0.4 is 5.32 Å². The number of rotatable bonds is 6. The highest BCUT2D eigenvalue weighted by atomic mass is 79.9. The van der Waals surface area contributed by atoms with Gasteiger partial charge in [0.2, 0.25) is 0 Å². The standard InChI is InChI=1S/C12H17BrFNS/c1-9(8-16-2)6-15-7-10-3-4-11(14)5-12(10)13/h3-5,9,15H,6-8H2,1-2H3. The molecule has 0 aromatic heterocycles. The molecule has 0 radical (unpaired) electrons. The summed E-state index contributed by atoms with van der Waals surface area (Å²) in [6.45, 7) is 3.99. The van der Waals surface area contributed by atoms with E-state index in [1.165, 1.54) is 12.1 Å². The zero-order valence-corrected chi connectivity index (χ0v) is 12.0. The molecule has 1 unspecified atom stereocenters. The van der Waals surface area contributed by atoms with E-state index in [0.717, 1.165) is 28.9 Å². The Morgan fingerprint density at radius 2 is 2.25 bits per heavy atom. The Morgan fingerprint density at radius 1 is 1.50 bits per heavy atom. The van der Waals surface area contributed by atoms with E-state index in [4.69, 9.17) is 0 Å². The first-order valence-corrected chi connectivity index (χ1v) is 7.45. The molecule has 1 rings (SSSR count). The van der Waals surface area contributed by atoms with Crippen LogP contribution in [0.5, 0.6) is 0 Å². The number of benzene rings is 1. The van der Waals surface area contributed by atoms with Crippen LogP contribution in [-0.2, 0) is 6.54 Å². The van der Waals surface area contributed by atoms with Crippen LogP contribution in [-0.4, -0.2) is 18.6 Å². The van der Waals surface area contributed by atoms with E-state index in [2.05, 4.69) is 34.4 Å². The molecule has 0 fully saturated rings. The Hall–Kier alpha value is -0.0600. The molecule has 16 heavy (non-hydrogen) atoms. The van der Waals surface area contributed by atoms with Gasteiger partial charge in [-0.2, -0.15) is 11.8 Å². The first-order valence-electron chi connectivity index (χ1n) is 5.27. The number of hydrogen-bond donors (Lipinski definition) is 1. The lowest BCUT2D eigenvalue weighted by Gasteiger charge is -2.11. The van der Waals surface area contributed by atoms with E-state index < -0.39 is 0 Å². The van der Waals surface area contributed by atoms with E-state index in [-0.39, 0.29) is 5.82 Å². The molecule has 90 valence electrons. The topological polar surface area (TPSA) is 12.0 Å². The predicted molar refractivity (Wildman–Crippen MR) is 73.4 cm³/mol. The molecule has 1 atom stereocenters. The van der Waals surface area contributed by atoms with Crippen molar-refractivity contribution >= 4 is 27.7 Å². The smallest absolute Gasteiger partial charge is 0.124 e. The van der Waals surface area contributed by atoms with E-state index >= 15 is 0 Å². The average Bonchev–Trinajstić information content (AvgIpc) is 2.22. The zero-order valence-electron chi connectivity index (χ0n) is 9.59. The van der Waals surface area contributed by atoms with Gasteiger partial charge in [-0.05, 0) is 42.2 Å². The monoisotopic (exact) mass is 305 g/mol. The summed E-state index contributed by atoms with van der Waals surface area (Å²) in [5, 5.41) is 3.38. The van der Waals surface area contributed by atoms with Crippen LogP contribution in [0.2, 0.25) is 0 Å². The van der Waals surface area contributed by atoms with Gasteiger partial charge in [0.05, 0.1) is 0 Å². The third-order valence-corrected chi connectivity index (χ3v) is 3.92. The van der Waals surface area contributed by atoms with E-state index in [1.807, 2.05) is 17.8 Å². The van der Waals surface area contributed by atoms with Gasteiger partial charge in [-0.3, -0.25) is 0 Å². The second-order valence-electron chi connectivity index (χ2n) is 3.93. The van der Waals surface area contributed by atoms with Crippen LogP contribution in [0.1, 0.15) is 12.5 Å². The van der Waals surface area contributed by atoms with Crippen molar-refractivity contribution in [3.05, 3.63) is 34.1 Å². The summed E-state index contributed by atoms with van der Waals surface area (Å²) in [5.74, 6) is 1.62. The fourth-order valence-electron chi connectivity index (χ4n) is 1.46. The summed E-state index contributed by atoms with van der Waals surface area (Å²) in [7, 11) is 0. The molecular formula is C12H17BrFNS. The molecule has 1 N–H and O–H groups in total. The molecule has 0 amide bonds. The Morgan fingerprint density at radius 3 is 2.88 bits per heavy atom. The molecule has 1 aromatic rings. The molecule has 0 aliphatic rings. The van der Waals surface area contributed by atoms with Crippen molar-refractivity contribution in [2.45, 2.75) is 13.5 Å². The molecule has 1 nitrogen and oxygen atoms in total. The second-order valence-corrected chi connectivity index (χ2v) is 5.69. The largest absolute Gasteiger partial charge is 0.312 e. The van der Waals surface area contributed by atoms with Gasteiger partial charge in [-0.15, -0.1) is 0 Å². The van der Waals surface area contributed by atoms with Gasteiger partial charge in [0.25, 0.3) is 0 Å². The minimum Gasteiger partial charge on any atom is -0.312 e. The van der Waals surface area contributed by atoms with Gasteiger partial charge in [0.1, 0.15) is 5.82 Å². The normalized spacial score (nSPS) is 12.8. The summed E-state index contributed by atoms with van der Waals surface area (Å²) in [5.41, 5.74) is 1.10. The number of thioether (sulfide) groups is 1. The van der Waals surface area contributed by atoms with Gasteiger partial charge in [-0.1, -0.05) is 28.9 Å². The van der Waals surface area contributed by atoms with Crippen LogP contribution in [0, 0.1) is 11.7 Å². The van der Waals surface area contributed by atoms with Crippen molar-refractivity contribution in [1.29, 1.82) is 0 Å². The minimum absolute atomic E-state index is 0.202. The van der Waals surface area contributed by atoms with Crippen LogP contribution in [0.15, 0.2) is 22.7 Å². The van der Waals surface area contributed by atoms with Crippen molar-refractivity contribution in [3.63, 3.8) is 0 Å². The highest BCUT2D eigenvalue weighted by molar-refractivity contribution is 9.10. The van der Waals surface area contributed by atoms with Crippen LogP contribution in [0.4, 0.5) is 4.39 Å². The summed E-state index contributed by atoms with van der Waals surface area (Å²) in [4.78, 5) is 0. The van der Waals surface area contributed by atoms with Crippen LogP contribution >= 0.6 is 27.7 Å². The fourth-order valence-corrected chi connectivity index (χ4v) is 2.64. The molecule has 1 aromatic carbocycles. The van der Waals surface area contributed by atoms with Crippen molar-refractivity contribution in [2.24, 2.45) is 5.92 Å². The van der Waals surface area contributed by atoms with E-state index in [9.17, 15) is 4.39 Å². The number of hydrogen-bond acceptors (Lipinski definition) is 2. The van der Waals surface area contributed by atoms with Crippen molar-refractivity contribution in [3.8, 4) is 0 Å². The quantitative estimate of drug-likeness (QED) is 0.860. The minimum atomic E-state index is -0.202. The number of halogens is 2. The molecule has 4 heteroatoms. The maximum atomic E-state index is 12.8. The lowest BCUT2D eigenvalue weighted by Crippen LogP contribution is -2.22. The summed E-state index contributed by atoms with van der Waals surface area (Å²) in [6, 6.07) is 4.81. The molecule has 0 aliphatic heterocycles. The second kappa shape index (κ2) is 7.30. The average molecular weight is 306 g/mol. The number of nitrogens with one attached hydrogen (secondary N) is 1. The first-order chi connectivity index (χ1) is 7.63. The van der Waals surface area contributed by atoms with Gasteiger partial charge >= 0.3 is 0 Å². The lowest BCUT2D eigenvalue weighted by atomic mass is 10.2. The highest BCUT2D eigenvalue weighted by Gasteiger charge is 2.03. The van der Waals surface area contributed by atoms with Crippen LogP contribution in [0.25, 0.3) is 0 Å². The Balaban J connectivity index is 2.37. The lowest BCUT2D eigenvalue weighted by molar-refractivity contribution is 0.557. The molecule has 0 aliphatic carbocycles. The molecule has 0 spiro atoms. The van der Waals surface area contributed by atoms with Gasteiger partial charge in [0, 0.05) is 11.0 Å². The van der Waals surface area contributed by atoms with Crippen molar-refractivity contribution in [2.75, 3.05) is 18.6 Å². The maximum Gasteiger partial charge on any atom is 0.124 e. The molecular weight excluding hydrogens is 289 g/mol. The summed E-state index contributed by atoms with van der Waals surface area (Å²) < 4.78 is 13.7. The van der Waals surface area contributed by atoms with Gasteiger partial charge in [-0.25, -0.2) is 4.39 Å². The van der Waals surface area contributed by atoms with E-state index in [0.29, 0.717) is 5.92 Å². The zero-order chi connectivity index (χ0) is 12.0. The van der Waals surface area contributed by atoms with Gasteiger partial charge < -0.3 is 5.32 Å². The maximum absolute atomic E-state index is 12.8. The van der Waals surface area contributed by atoms with Crippen LogP contribution in [0.3, 0.4) is 0 Å². The summed E-state index contributed by atoms with van der Waals surface area (Å²) in [6.07, 6.45) is 2.12. The third-order valence-electron chi connectivity index (χ3n) is 2.27. The summed E-state index contributed by atoms with van der Waals surface area (Å²) >= 11 is 5.22.